The Morgan fingerprint density at radius 1 is 1.24 bits per heavy atom. The topological polar surface area (TPSA) is 52.3 Å². The van der Waals surface area contributed by atoms with Crippen LogP contribution in [0.3, 0.4) is 0 Å². The molecule has 0 spiro atoms. The van der Waals surface area contributed by atoms with Gasteiger partial charge in [0.25, 0.3) is 0 Å². The van der Waals surface area contributed by atoms with Crippen molar-refractivity contribution in [3.63, 3.8) is 0 Å². The van der Waals surface area contributed by atoms with Crippen molar-refractivity contribution in [1.82, 2.24) is 0 Å². The Morgan fingerprint density at radius 2 is 1.90 bits per heavy atom. The van der Waals surface area contributed by atoms with E-state index in [2.05, 4.69) is 15.9 Å². The SMILES string of the molecule is COc1ccc(C(C)N)cc1CS(=O)c1ccc(Br)cc1. The highest BCUT2D eigenvalue weighted by Crippen LogP contribution is 2.25. The highest BCUT2D eigenvalue weighted by atomic mass is 79.9. The lowest BCUT2D eigenvalue weighted by Crippen LogP contribution is -2.07. The van der Waals surface area contributed by atoms with Crippen molar-refractivity contribution in [2.24, 2.45) is 5.73 Å². The van der Waals surface area contributed by atoms with Crippen molar-refractivity contribution in [3.05, 3.63) is 58.1 Å². The van der Waals surface area contributed by atoms with Gasteiger partial charge in [0.05, 0.1) is 23.7 Å². The Balaban J connectivity index is 2.27. The molecule has 2 N–H and O–H groups in total. The van der Waals surface area contributed by atoms with E-state index in [0.717, 1.165) is 26.2 Å². The number of halogens is 1. The quantitative estimate of drug-likeness (QED) is 0.874. The van der Waals surface area contributed by atoms with Gasteiger partial charge in [-0.25, -0.2) is 0 Å². The van der Waals surface area contributed by atoms with Gasteiger partial charge in [-0.05, 0) is 48.9 Å². The number of ether oxygens (including phenoxy) is 1. The summed E-state index contributed by atoms with van der Waals surface area (Å²) in [5.41, 5.74) is 7.83. The first-order valence-electron chi connectivity index (χ1n) is 6.57. The minimum atomic E-state index is -1.12. The standard InChI is InChI=1S/C16H18BrNO2S/c1-11(18)12-3-8-16(20-2)13(9-12)10-21(19)15-6-4-14(17)5-7-15/h3-9,11H,10,18H2,1-2H3. The van der Waals surface area contributed by atoms with Crippen molar-refractivity contribution < 1.29 is 8.95 Å². The maximum absolute atomic E-state index is 12.5. The third-order valence-electron chi connectivity index (χ3n) is 3.19. The van der Waals surface area contributed by atoms with Gasteiger partial charge in [0, 0.05) is 21.0 Å². The molecule has 21 heavy (non-hydrogen) atoms. The first kappa shape index (κ1) is 16.2. The number of rotatable bonds is 5. The largest absolute Gasteiger partial charge is 0.496 e. The maximum atomic E-state index is 12.5. The fourth-order valence-electron chi connectivity index (χ4n) is 2.01. The summed E-state index contributed by atoms with van der Waals surface area (Å²) in [5.74, 6) is 1.15. The van der Waals surface area contributed by atoms with Crippen LogP contribution in [0.25, 0.3) is 0 Å². The van der Waals surface area contributed by atoms with E-state index in [1.807, 2.05) is 49.4 Å². The van der Waals surface area contributed by atoms with Gasteiger partial charge in [-0.3, -0.25) is 4.21 Å². The van der Waals surface area contributed by atoms with Crippen molar-refractivity contribution in [3.8, 4) is 5.75 Å². The average Bonchev–Trinajstić information content (AvgIpc) is 2.47. The fraction of sp³-hybridized carbons (Fsp3) is 0.250. The van der Waals surface area contributed by atoms with E-state index in [0.29, 0.717) is 5.75 Å². The second-order valence-corrected chi connectivity index (χ2v) is 7.17. The smallest absolute Gasteiger partial charge is 0.123 e. The molecule has 2 aromatic carbocycles. The van der Waals surface area contributed by atoms with Crippen LogP contribution in [0.1, 0.15) is 24.1 Å². The van der Waals surface area contributed by atoms with Gasteiger partial charge < -0.3 is 10.5 Å². The predicted octanol–water partition coefficient (Wildman–Crippen LogP) is 3.79. The van der Waals surface area contributed by atoms with Gasteiger partial charge in [-0.15, -0.1) is 0 Å². The van der Waals surface area contributed by atoms with Crippen molar-refractivity contribution >= 4 is 26.7 Å². The summed E-state index contributed by atoms with van der Waals surface area (Å²) in [5, 5.41) is 0. The first-order chi connectivity index (χ1) is 10.0. The highest BCUT2D eigenvalue weighted by molar-refractivity contribution is 9.10. The van der Waals surface area contributed by atoms with Crippen LogP contribution in [-0.4, -0.2) is 11.3 Å². The zero-order valence-corrected chi connectivity index (χ0v) is 14.4. The molecule has 0 aliphatic rings. The minimum Gasteiger partial charge on any atom is -0.496 e. The Bertz CT molecular complexity index is 641. The average molecular weight is 368 g/mol. The lowest BCUT2D eigenvalue weighted by molar-refractivity contribution is 0.411. The molecule has 0 aliphatic heterocycles. The van der Waals surface area contributed by atoms with Gasteiger partial charge in [-0.1, -0.05) is 22.0 Å². The van der Waals surface area contributed by atoms with E-state index in [1.165, 1.54) is 0 Å². The molecule has 2 rings (SSSR count). The van der Waals surface area contributed by atoms with Crippen LogP contribution in [0.15, 0.2) is 51.8 Å². The Labute approximate surface area is 136 Å². The van der Waals surface area contributed by atoms with Gasteiger partial charge in [0.1, 0.15) is 5.75 Å². The Morgan fingerprint density at radius 3 is 2.48 bits per heavy atom. The van der Waals surface area contributed by atoms with Crippen LogP contribution in [0.2, 0.25) is 0 Å². The molecular formula is C16H18BrNO2S. The number of hydrogen-bond acceptors (Lipinski definition) is 3. The summed E-state index contributed by atoms with van der Waals surface area (Å²) in [6.07, 6.45) is 0. The second kappa shape index (κ2) is 7.20. The van der Waals surface area contributed by atoms with Crippen LogP contribution in [0, 0.1) is 0 Å². The van der Waals surface area contributed by atoms with Crippen LogP contribution in [0.4, 0.5) is 0 Å². The molecule has 0 heterocycles. The molecule has 2 atom stereocenters. The molecule has 0 bridgehead atoms. The lowest BCUT2D eigenvalue weighted by atomic mass is 10.1. The number of nitrogens with two attached hydrogens (primary N) is 1. The molecule has 5 heteroatoms. The van der Waals surface area contributed by atoms with E-state index in [1.54, 1.807) is 7.11 Å². The van der Waals surface area contributed by atoms with Crippen molar-refractivity contribution in [1.29, 1.82) is 0 Å². The molecule has 0 radical (unpaired) electrons. The second-order valence-electron chi connectivity index (χ2n) is 4.80. The Kier molecular flexibility index (Phi) is 5.56. The van der Waals surface area contributed by atoms with E-state index in [4.69, 9.17) is 10.5 Å². The molecule has 3 nitrogen and oxygen atoms in total. The lowest BCUT2D eigenvalue weighted by Gasteiger charge is -2.12. The van der Waals surface area contributed by atoms with Gasteiger partial charge in [-0.2, -0.15) is 0 Å². The third-order valence-corrected chi connectivity index (χ3v) is 5.09. The van der Waals surface area contributed by atoms with Crippen LogP contribution in [0.5, 0.6) is 5.75 Å². The molecular weight excluding hydrogens is 350 g/mol. The monoisotopic (exact) mass is 367 g/mol. The molecule has 0 fully saturated rings. The van der Waals surface area contributed by atoms with Crippen molar-refractivity contribution in [2.75, 3.05) is 7.11 Å². The molecule has 2 unspecified atom stereocenters. The fourth-order valence-corrected chi connectivity index (χ4v) is 3.38. The molecule has 0 aromatic heterocycles. The molecule has 2 aromatic rings. The Hall–Kier alpha value is -1.17. The van der Waals surface area contributed by atoms with Crippen LogP contribution in [-0.2, 0) is 16.6 Å². The van der Waals surface area contributed by atoms with Crippen molar-refractivity contribution in [2.45, 2.75) is 23.6 Å². The maximum Gasteiger partial charge on any atom is 0.123 e. The summed E-state index contributed by atoms with van der Waals surface area (Å²) < 4.78 is 18.8. The zero-order chi connectivity index (χ0) is 15.4. The van der Waals surface area contributed by atoms with Gasteiger partial charge in [0.15, 0.2) is 0 Å². The van der Waals surface area contributed by atoms with Gasteiger partial charge >= 0.3 is 0 Å². The summed E-state index contributed by atoms with van der Waals surface area (Å²) in [4.78, 5) is 0.798. The van der Waals surface area contributed by atoms with E-state index in [9.17, 15) is 4.21 Å². The number of methoxy groups -OCH3 is 1. The zero-order valence-electron chi connectivity index (χ0n) is 12.0. The molecule has 0 saturated heterocycles. The molecule has 0 aliphatic carbocycles. The molecule has 0 amide bonds. The van der Waals surface area contributed by atoms with Crippen LogP contribution < -0.4 is 10.5 Å². The summed E-state index contributed by atoms with van der Waals surface area (Å²) in [6.45, 7) is 1.93. The normalized spacial score (nSPS) is 13.7. The van der Waals surface area contributed by atoms with Crippen LogP contribution >= 0.6 is 15.9 Å². The summed E-state index contributed by atoms with van der Waals surface area (Å²) in [6, 6.07) is 13.2. The molecule has 0 saturated carbocycles. The third kappa shape index (κ3) is 4.15. The minimum absolute atomic E-state index is 0.0595. The molecule has 112 valence electrons. The van der Waals surface area contributed by atoms with E-state index in [-0.39, 0.29) is 6.04 Å². The summed E-state index contributed by atoms with van der Waals surface area (Å²) in [7, 11) is 0.500. The van der Waals surface area contributed by atoms with Gasteiger partial charge in [0.2, 0.25) is 0 Å². The predicted molar refractivity (Wildman–Crippen MR) is 89.9 cm³/mol. The summed E-state index contributed by atoms with van der Waals surface area (Å²) >= 11 is 3.38. The first-order valence-corrected chi connectivity index (χ1v) is 8.69. The van der Waals surface area contributed by atoms with E-state index >= 15 is 0 Å². The highest BCUT2D eigenvalue weighted by Gasteiger charge is 2.12. The number of hydrogen-bond donors (Lipinski definition) is 1. The van der Waals surface area contributed by atoms with E-state index < -0.39 is 10.8 Å². The number of benzene rings is 2.